The van der Waals surface area contributed by atoms with Crippen molar-refractivity contribution in [2.45, 2.75) is 18.9 Å². The monoisotopic (exact) mass is 440 g/mol. The molecule has 0 aromatic heterocycles. The van der Waals surface area contributed by atoms with Crippen LogP contribution in [0.15, 0.2) is 84.9 Å². The molecule has 2 heterocycles. The smallest absolute Gasteiger partial charge is 0.321 e. The first-order valence-corrected chi connectivity index (χ1v) is 12.0. The van der Waals surface area contributed by atoms with Crippen molar-refractivity contribution in [2.75, 3.05) is 49.5 Å². The highest BCUT2D eigenvalue weighted by Crippen LogP contribution is 2.28. The molecule has 0 radical (unpaired) electrons. The van der Waals surface area contributed by atoms with E-state index in [2.05, 4.69) is 63.6 Å². The second-order valence-electron chi connectivity index (χ2n) is 8.94. The standard InChI is InChI=1S/C28H32N4O/c33-28(29-27-16-8-7-15-26(27)23-10-3-1-4-11-23)32-17-9-14-25(22-32)31-20-18-30(19-21-31)24-12-5-2-6-13-24/h1-8,10-13,15-16,25H,9,14,17-22H2,(H,29,33)/t25-/m0/s1. The third-order valence-electron chi connectivity index (χ3n) is 6.89. The van der Waals surface area contributed by atoms with Gasteiger partial charge in [-0.2, -0.15) is 0 Å². The van der Waals surface area contributed by atoms with Gasteiger partial charge in [-0.15, -0.1) is 0 Å². The summed E-state index contributed by atoms with van der Waals surface area (Å²) >= 11 is 0. The van der Waals surface area contributed by atoms with Gasteiger partial charge in [-0.05, 0) is 36.6 Å². The molecule has 0 spiro atoms. The summed E-state index contributed by atoms with van der Waals surface area (Å²) in [6.07, 6.45) is 2.22. The first-order chi connectivity index (χ1) is 16.3. The van der Waals surface area contributed by atoms with Gasteiger partial charge in [-0.1, -0.05) is 66.7 Å². The largest absolute Gasteiger partial charge is 0.369 e. The van der Waals surface area contributed by atoms with Crippen molar-refractivity contribution in [3.05, 3.63) is 84.9 Å². The topological polar surface area (TPSA) is 38.8 Å². The van der Waals surface area contributed by atoms with Gasteiger partial charge in [0.2, 0.25) is 0 Å². The fourth-order valence-electron chi connectivity index (χ4n) is 5.08. The minimum atomic E-state index is 0.00556. The minimum Gasteiger partial charge on any atom is -0.369 e. The first kappa shape index (κ1) is 21.5. The number of anilines is 2. The molecule has 170 valence electrons. The number of rotatable bonds is 4. The lowest BCUT2D eigenvalue weighted by molar-refractivity contribution is 0.108. The number of likely N-dealkylation sites (tertiary alicyclic amines) is 1. The molecule has 0 unspecified atom stereocenters. The van der Waals surface area contributed by atoms with Crippen molar-refractivity contribution in [3.63, 3.8) is 0 Å². The van der Waals surface area contributed by atoms with Gasteiger partial charge >= 0.3 is 6.03 Å². The van der Waals surface area contributed by atoms with Gasteiger partial charge in [0, 0.05) is 56.6 Å². The van der Waals surface area contributed by atoms with Crippen LogP contribution in [0.3, 0.4) is 0 Å². The fraction of sp³-hybridized carbons (Fsp3) is 0.321. The predicted molar refractivity (Wildman–Crippen MR) is 136 cm³/mol. The van der Waals surface area contributed by atoms with Gasteiger partial charge in [-0.3, -0.25) is 4.90 Å². The second-order valence-corrected chi connectivity index (χ2v) is 8.94. The number of piperazine rings is 1. The van der Waals surface area contributed by atoms with Gasteiger partial charge < -0.3 is 15.1 Å². The third kappa shape index (κ3) is 5.04. The van der Waals surface area contributed by atoms with E-state index < -0.39 is 0 Å². The minimum absolute atomic E-state index is 0.00556. The van der Waals surface area contributed by atoms with Crippen LogP contribution in [0.2, 0.25) is 0 Å². The summed E-state index contributed by atoms with van der Waals surface area (Å²) in [6.45, 7) is 5.79. The Kier molecular flexibility index (Phi) is 6.58. The van der Waals surface area contributed by atoms with Crippen molar-refractivity contribution in [1.29, 1.82) is 0 Å². The molecular weight excluding hydrogens is 408 g/mol. The lowest BCUT2D eigenvalue weighted by Crippen LogP contribution is -2.56. The molecule has 2 amide bonds. The number of carbonyl (C=O) groups excluding carboxylic acids is 1. The van der Waals surface area contributed by atoms with Gasteiger partial charge in [0.05, 0.1) is 5.69 Å². The Morgan fingerprint density at radius 1 is 0.758 bits per heavy atom. The van der Waals surface area contributed by atoms with Gasteiger partial charge in [-0.25, -0.2) is 4.79 Å². The summed E-state index contributed by atoms with van der Waals surface area (Å²) in [5, 5.41) is 3.19. The van der Waals surface area contributed by atoms with E-state index in [9.17, 15) is 4.79 Å². The van der Waals surface area contributed by atoms with Crippen LogP contribution in [0.25, 0.3) is 11.1 Å². The van der Waals surface area contributed by atoms with Crippen molar-refractivity contribution < 1.29 is 4.79 Å². The summed E-state index contributed by atoms with van der Waals surface area (Å²) in [5.74, 6) is 0. The molecule has 2 aliphatic heterocycles. The molecular formula is C28H32N4O. The third-order valence-corrected chi connectivity index (χ3v) is 6.89. The predicted octanol–water partition coefficient (Wildman–Crippen LogP) is 5.17. The normalized spacial score (nSPS) is 19.3. The number of nitrogens with zero attached hydrogens (tertiary/aromatic N) is 3. The molecule has 5 rings (SSSR count). The van der Waals surface area contributed by atoms with Crippen LogP contribution >= 0.6 is 0 Å². The number of amides is 2. The lowest BCUT2D eigenvalue weighted by Gasteiger charge is -2.43. The Hall–Kier alpha value is -3.31. The van der Waals surface area contributed by atoms with Crippen molar-refractivity contribution in [3.8, 4) is 11.1 Å². The van der Waals surface area contributed by atoms with E-state index in [4.69, 9.17) is 0 Å². The van der Waals surface area contributed by atoms with E-state index in [1.54, 1.807) is 0 Å². The maximum Gasteiger partial charge on any atom is 0.321 e. The van der Waals surface area contributed by atoms with Crippen LogP contribution in [-0.4, -0.2) is 61.1 Å². The van der Waals surface area contributed by atoms with Crippen LogP contribution in [-0.2, 0) is 0 Å². The molecule has 5 nitrogen and oxygen atoms in total. The number of carbonyl (C=O) groups is 1. The molecule has 0 saturated carbocycles. The highest BCUT2D eigenvalue weighted by molar-refractivity contribution is 5.94. The van der Waals surface area contributed by atoms with E-state index >= 15 is 0 Å². The molecule has 1 N–H and O–H groups in total. The second kappa shape index (κ2) is 10.1. The Labute approximate surface area is 196 Å². The highest BCUT2D eigenvalue weighted by Gasteiger charge is 2.30. The van der Waals surface area contributed by atoms with Crippen LogP contribution in [0, 0.1) is 0 Å². The zero-order valence-electron chi connectivity index (χ0n) is 19.1. The Morgan fingerprint density at radius 3 is 2.18 bits per heavy atom. The van der Waals surface area contributed by atoms with Gasteiger partial charge in [0.15, 0.2) is 0 Å². The number of benzene rings is 3. The average Bonchev–Trinajstić information content (AvgIpc) is 2.90. The molecule has 0 bridgehead atoms. The summed E-state index contributed by atoms with van der Waals surface area (Å²) in [7, 11) is 0. The van der Waals surface area contributed by atoms with E-state index in [0.29, 0.717) is 6.04 Å². The van der Waals surface area contributed by atoms with Crippen molar-refractivity contribution >= 4 is 17.4 Å². The van der Waals surface area contributed by atoms with Crippen LogP contribution in [0.4, 0.5) is 16.2 Å². The Balaban J connectivity index is 1.20. The molecule has 2 saturated heterocycles. The van der Waals surface area contributed by atoms with Crippen molar-refractivity contribution in [2.24, 2.45) is 0 Å². The molecule has 5 heteroatoms. The molecule has 0 aliphatic carbocycles. The number of para-hydroxylation sites is 2. The summed E-state index contributed by atoms with van der Waals surface area (Å²) < 4.78 is 0. The number of hydrogen-bond donors (Lipinski definition) is 1. The fourth-order valence-corrected chi connectivity index (χ4v) is 5.08. The van der Waals surface area contributed by atoms with E-state index in [-0.39, 0.29) is 6.03 Å². The molecule has 33 heavy (non-hydrogen) atoms. The summed E-state index contributed by atoms with van der Waals surface area (Å²) in [6, 6.07) is 29.4. The summed E-state index contributed by atoms with van der Waals surface area (Å²) in [4.78, 5) is 20.2. The molecule has 3 aromatic rings. The molecule has 1 atom stereocenters. The highest BCUT2D eigenvalue weighted by atomic mass is 16.2. The maximum atomic E-state index is 13.2. The molecule has 3 aromatic carbocycles. The van der Waals surface area contributed by atoms with E-state index in [1.165, 1.54) is 5.69 Å². The number of urea groups is 1. The molecule has 2 fully saturated rings. The Bertz CT molecular complexity index is 1050. The van der Waals surface area contributed by atoms with Gasteiger partial charge in [0.25, 0.3) is 0 Å². The SMILES string of the molecule is O=C(Nc1ccccc1-c1ccccc1)N1CCC[C@H](N2CCN(c3ccccc3)CC2)C1. The lowest BCUT2D eigenvalue weighted by atomic mass is 10.0. The van der Waals surface area contributed by atoms with E-state index in [1.807, 2.05) is 41.3 Å². The zero-order valence-corrected chi connectivity index (χ0v) is 19.1. The maximum absolute atomic E-state index is 13.2. The van der Waals surface area contributed by atoms with Gasteiger partial charge in [0.1, 0.15) is 0 Å². The summed E-state index contributed by atoms with van der Waals surface area (Å²) in [5.41, 5.74) is 4.34. The quantitative estimate of drug-likeness (QED) is 0.608. The number of piperidine rings is 1. The first-order valence-electron chi connectivity index (χ1n) is 12.0. The Morgan fingerprint density at radius 2 is 1.42 bits per heavy atom. The molecule has 2 aliphatic rings. The van der Waals surface area contributed by atoms with Crippen LogP contribution in [0.1, 0.15) is 12.8 Å². The zero-order chi connectivity index (χ0) is 22.5. The number of hydrogen-bond acceptors (Lipinski definition) is 3. The number of nitrogens with one attached hydrogen (secondary N) is 1. The van der Waals surface area contributed by atoms with E-state index in [0.717, 1.165) is 68.9 Å². The van der Waals surface area contributed by atoms with Crippen molar-refractivity contribution in [1.82, 2.24) is 9.80 Å². The van der Waals surface area contributed by atoms with Crippen LogP contribution in [0.5, 0.6) is 0 Å². The average molecular weight is 441 g/mol. The van der Waals surface area contributed by atoms with Crippen LogP contribution < -0.4 is 10.2 Å².